The number of aryl methyl sites for hydroxylation is 1. The number of hydrogen-bond acceptors (Lipinski definition) is 3. The summed E-state index contributed by atoms with van der Waals surface area (Å²) in [7, 11) is 0. The first-order valence-electron chi connectivity index (χ1n) is 11.6. The summed E-state index contributed by atoms with van der Waals surface area (Å²) in [6.45, 7) is 8.21. The van der Waals surface area contributed by atoms with Crippen LogP contribution in [0.2, 0.25) is 0 Å². The minimum atomic E-state index is -0.125. The second kappa shape index (κ2) is 9.69. The average Bonchev–Trinajstić information content (AvgIpc) is 3.17. The smallest absolute Gasteiger partial charge is 0.307 e. The zero-order valence-electron chi connectivity index (χ0n) is 18.9. The predicted molar refractivity (Wildman–Crippen MR) is 127 cm³/mol. The van der Waals surface area contributed by atoms with Crippen LogP contribution >= 0.6 is 0 Å². The van der Waals surface area contributed by atoms with Gasteiger partial charge in [0.05, 0.1) is 12.5 Å². The summed E-state index contributed by atoms with van der Waals surface area (Å²) in [5, 5.41) is 4.71. The Kier molecular flexibility index (Phi) is 6.77. The molecule has 4 heteroatoms. The van der Waals surface area contributed by atoms with Gasteiger partial charge in [0, 0.05) is 29.1 Å². The van der Waals surface area contributed by atoms with Crippen LogP contribution < -0.4 is 5.32 Å². The first kappa shape index (κ1) is 21.6. The van der Waals surface area contributed by atoms with Crippen molar-refractivity contribution in [3.05, 3.63) is 71.4 Å². The maximum atomic E-state index is 12.9. The topological polar surface area (TPSA) is 43.3 Å². The van der Waals surface area contributed by atoms with Gasteiger partial charge in [-0.3, -0.25) is 4.79 Å². The van der Waals surface area contributed by atoms with Crippen LogP contribution in [0, 0.1) is 6.92 Å². The molecule has 0 bridgehead atoms. The van der Waals surface area contributed by atoms with Gasteiger partial charge in [0.25, 0.3) is 0 Å². The minimum absolute atomic E-state index is 0.0238. The first-order chi connectivity index (χ1) is 15.1. The number of carbonyl (C=O) groups is 1. The number of esters is 1. The Morgan fingerprint density at radius 1 is 1.16 bits per heavy atom. The zero-order valence-corrected chi connectivity index (χ0v) is 18.9. The summed E-state index contributed by atoms with van der Waals surface area (Å²) < 4.78 is 8.14. The van der Waals surface area contributed by atoms with Gasteiger partial charge >= 0.3 is 5.97 Å². The summed E-state index contributed by atoms with van der Waals surface area (Å²) in [5.41, 5.74) is 4.87. The molecule has 1 N–H and O–H groups in total. The van der Waals surface area contributed by atoms with Crippen molar-refractivity contribution in [1.29, 1.82) is 0 Å². The quantitative estimate of drug-likeness (QED) is 0.498. The number of ether oxygens (including phenoxy) is 1. The van der Waals surface area contributed by atoms with Gasteiger partial charge in [-0.1, -0.05) is 55.0 Å². The monoisotopic (exact) mass is 418 g/mol. The highest BCUT2D eigenvalue weighted by Gasteiger charge is 2.26. The summed E-state index contributed by atoms with van der Waals surface area (Å²) in [6.07, 6.45) is 5.70. The molecular weight excluding hydrogens is 384 g/mol. The molecule has 1 aromatic heterocycles. The number of nitrogens with zero attached hydrogens (tertiary/aromatic N) is 1. The molecule has 2 atom stereocenters. The largest absolute Gasteiger partial charge is 0.463 e. The number of benzene rings is 2. The number of carbonyl (C=O) groups excluding carboxylic acids is 1. The number of piperidine rings is 1. The Morgan fingerprint density at radius 2 is 1.94 bits per heavy atom. The van der Waals surface area contributed by atoms with Crippen molar-refractivity contribution in [1.82, 2.24) is 9.88 Å². The van der Waals surface area contributed by atoms with Crippen molar-refractivity contribution < 1.29 is 9.53 Å². The number of para-hydroxylation sites is 1. The number of rotatable bonds is 7. The molecule has 0 amide bonds. The zero-order chi connectivity index (χ0) is 21.8. The molecule has 2 aromatic carbocycles. The maximum absolute atomic E-state index is 12.9. The van der Waals surface area contributed by atoms with E-state index in [1.807, 2.05) is 13.8 Å². The summed E-state index contributed by atoms with van der Waals surface area (Å²) in [4.78, 5) is 12.9. The van der Waals surface area contributed by atoms with E-state index in [-0.39, 0.29) is 18.0 Å². The number of nitrogens with one attached hydrogen (secondary N) is 1. The van der Waals surface area contributed by atoms with Gasteiger partial charge in [-0.25, -0.2) is 0 Å². The van der Waals surface area contributed by atoms with Crippen molar-refractivity contribution in [3.63, 3.8) is 0 Å². The molecule has 3 aromatic rings. The standard InChI is InChI=1S/C27H34N2O2/c1-4-20(3)31-27(30)17-24(21-9-7-8-19(2)16-21)25-18-29(22-12-14-28-15-13-22)26-11-6-5-10-23(25)26/h5-11,16,18,20,22,24,28H,4,12-15,17H2,1-3H3. The Bertz CT molecular complexity index is 1030. The molecule has 2 unspecified atom stereocenters. The van der Waals surface area contributed by atoms with Gasteiger partial charge in [0.1, 0.15) is 0 Å². The molecule has 0 aliphatic carbocycles. The molecule has 1 aliphatic heterocycles. The third-order valence-corrected chi connectivity index (χ3v) is 6.57. The van der Waals surface area contributed by atoms with Crippen molar-refractivity contribution >= 4 is 16.9 Å². The van der Waals surface area contributed by atoms with Crippen LogP contribution in [0.4, 0.5) is 0 Å². The Hall–Kier alpha value is -2.59. The molecule has 1 fully saturated rings. The molecular formula is C27H34N2O2. The molecule has 0 saturated carbocycles. The average molecular weight is 419 g/mol. The number of hydrogen-bond donors (Lipinski definition) is 1. The number of fused-ring (bicyclic) bond motifs is 1. The molecule has 4 rings (SSSR count). The summed E-state index contributed by atoms with van der Waals surface area (Å²) in [6, 6.07) is 17.7. The van der Waals surface area contributed by atoms with Crippen molar-refractivity contribution in [2.45, 2.75) is 64.5 Å². The van der Waals surface area contributed by atoms with E-state index in [1.54, 1.807) is 0 Å². The van der Waals surface area contributed by atoms with Gasteiger partial charge < -0.3 is 14.6 Å². The minimum Gasteiger partial charge on any atom is -0.463 e. The summed E-state index contributed by atoms with van der Waals surface area (Å²) in [5.74, 6) is -0.149. The fourth-order valence-electron chi connectivity index (χ4n) is 4.71. The first-order valence-corrected chi connectivity index (χ1v) is 11.6. The molecule has 4 nitrogen and oxygen atoms in total. The van der Waals surface area contributed by atoms with E-state index in [2.05, 4.69) is 71.5 Å². The van der Waals surface area contributed by atoms with E-state index in [4.69, 9.17) is 4.74 Å². The molecule has 31 heavy (non-hydrogen) atoms. The van der Waals surface area contributed by atoms with Crippen molar-refractivity contribution in [2.75, 3.05) is 13.1 Å². The predicted octanol–water partition coefficient (Wildman–Crippen LogP) is 5.74. The van der Waals surface area contributed by atoms with E-state index in [0.717, 1.165) is 32.4 Å². The maximum Gasteiger partial charge on any atom is 0.307 e. The highest BCUT2D eigenvalue weighted by atomic mass is 16.5. The Balaban J connectivity index is 1.78. The fraction of sp³-hybridized carbons (Fsp3) is 0.444. The lowest BCUT2D eigenvalue weighted by Crippen LogP contribution is -2.29. The van der Waals surface area contributed by atoms with Gasteiger partial charge in [0.2, 0.25) is 0 Å². The Labute approximate surface area is 185 Å². The van der Waals surface area contributed by atoms with Gasteiger partial charge in [-0.2, -0.15) is 0 Å². The molecule has 2 heterocycles. The van der Waals surface area contributed by atoms with Crippen LogP contribution in [0.1, 0.15) is 68.2 Å². The normalized spacial score (nSPS) is 16.9. The van der Waals surface area contributed by atoms with Crippen LogP contribution in [0.15, 0.2) is 54.7 Å². The lowest BCUT2D eigenvalue weighted by Gasteiger charge is -2.25. The fourth-order valence-corrected chi connectivity index (χ4v) is 4.71. The van der Waals surface area contributed by atoms with Crippen LogP contribution in [0.25, 0.3) is 10.9 Å². The highest BCUT2D eigenvalue weighted by molar-refractivity contribution is 5.86. The second-order valence-electron chi connectivity index (χ2n) is 8.87. The van der Waals surface area contributed by atoms with E-state index in [9.17, 15) is 4.79 Å². The van der Waals surface area contributed by atoms with E-state index >= 15 is 0 Å². The van der Waals surface area contributed by atoms with Crippen LogP contribution in [0.5, 0.6) is 0 Å². The molecule has 164 valence electrons. The molecule has 0 spiro atoms. The lowest BCUT2D eigenvalue weighted by atomic mass is 9.87. The summed E-state index contributed by atoms with van der Waals surface area (Å²) >= 11 is 0. The van der Waals surface area contributed by atoms with Gasteiger partial charge in [0.15, 0.2) is 0 Å². The molecule has 1 saturated heterocycles. The molecule has 0 radical (unpaired) electrons. The van der Waals surface area contributed by atoms with E-state index in [1.165, 1.54) is 27.6 Å². The van der Waals surface area contributed by atoms with Gasteiger partial charge in [-0.05, 0) is 63.4 Å². The SMILES string of the molecule is CCC(C)OC(=O)CC(c1cccc(C)c1)c1cn(C2CCNCC2)c2ccccc12. The van der Waals surface area contributed by atoms with E-state index < -0.39 is 0 Å². The Morgan fingerprint density at radius 3 is 2.68 bits per heavy atom. The molecule has 1 aliphatic rings. The van der Waals surface area contributed by atoms with Crippen LogP contribution in [-0.2, 0) is 9.53 Å². The third kappa shape index (κ3) is 4.85. The van der Waals surface area contributed by atoms with Crippen molar-refractivity contribution in [2.24, 2.45) is 0 Å². The van der Waals surface area contributed by atoms with E-state index in [0.29, 0.717) is 12.5 Å². The van der Waals surface area contributed by atoms with Crippen molar-refractivity contribution in [3.8, 4) is 0 Å². The van der Waals surface area contributed by atoms with Crippen LogP contribution in [-0.4, -0.2) is 29.7 Å². The lowest BCUT2D eigenvalue weighted by molar-refractivity contribution is -0.148. The second-order valence-corrected chi connectivity index (χ2v) is 8.87. The third-order valence-electron chi connectivity index (χ3n) is 6.57. The van der Waals surface area contributed by atoms with Crippen LogP contribution in [0.3, 0.4) is 0 Å². The van der Waals surface area contributed by atoms with Gasteiger partial charge in [-0.15, -0.1) is 0 Å². The number of aromatic nitrogens is 1. The highest BCUT2D eigenvalue weighted by Crippen LogP contribution is 2.37.